The minimum atomic E-state index is -0.537. The number of carbonyl (C=O) groups excluding carboxylic acids is 2. The van der Waals surface area contributed by atoms with Crippen molar-refractivity contribution < 1.29 is 19.1 Å². The molecule has 1 atom stereocenters. The largest absolute Gasteiger partial charge is 0.481 e. The van der Waals surface area contributed by atoms with Crippen LogP contribution in [-0.2, 0) is 9.53 Å². The fourth-order valence-electron chi connectivity index (χ4n) is 3.03. The molecule has 1 aromatic rings. The monoisotopic (exact) mass is 348 g/mol. The quantitative estimate of drug-likeness (QED) is 0.888. The van der Waals surface area contributed by atoms with Crippen LogP contribution in [0.15, 0.2) is 24.3 Å². The van der Waals surface area contributed by atoms with Crippen LogP contribution in [0, 0.1) is 0 Å². The number of carbonyl (C=O) groups is 2. The molecular weight excluding hydrogens is 320 g/mol. The number of nitrogens with one attached hydrogen (secondary N) is 1. The Balaban J connectivity index is 1.90. The first-order valence-electron chi connectivity index (χ1n) is 8.81. The van der Waals surface area contributed by atoms with Gasteiger partial charge in [0.15, 0.2) is 6.10 Å². The lowest BCUT2D eigenvalue weighted by atomic mass is 10.0. The SMILES string of the molecule is COC(=O)NC1CCN(C(=O)C(C)Oc2ccccc2C(C)C)CC1. The van der Waals surface area contributed by atoms with Crippen molar-refractivity contribution in [1.29, 1.82) is 0 Å². The summed E-state index contributed by atoms with van der Waals surface area (Å²) in [6, 6.07) is 7.89. The van der Waals surface area contributed by atoms with Gasteiger partial charge in [-0.05, 0) is 37.3 Å². The highest BCUT2D eigenvalue weighted by atomic mass is 16.5. The minimum Gasteiger partial charge on any atom is -0.481 e. The van der Waals surface area contributed by atoms with Crippen LogP contribution < -0.4 is 10.1 Å². The molecule has 1 aromatic carbocycles. The standard InChI is InChI=1S/C19H28N2O4/c1-13(2)16-7-5-6-8-17(16)25-14(3)18(22)21-11-9-15(10-12-21)20-19(23)24-4/h5-8,13-15H,9-12H2,1-4H3,(H,20,23). The highest BCUT2D eigenvalue weighted by Crippen LogP contribution is 2.27. The van der Waals surface area contributed by atoms with Gasteiger partial charge in [0.25, 0.3) is 5.91 Å². The third kappa shape index (κ3) is 5.11. The number of rotatable bonds is 5. The van der Waals surface area contributed by atoms with Gasteiger partial charge in [-0.2, -0.15) is 0 Å². The second-order valence-electron chi connectivity index (χ2n) is 6.69. The summed E-state index contributed by atoms with van der Waals surface area (Å²) >= 11 is 0. The van der Waals surface area contributed by atoms with Gasteiger partial charge in [-0.1, -0.05) is 32.0 Å². The lowest BCUT2D eigenvalue weighted by Gasteiger charge is -2.33. The van der Waals surface area contributed by atoms with Crippen LogP contribution in [0.1, 0.15) is 45.1 Å². The molecule has 6 heteroatoms. The summed E-state index contributed by atoms with van der Waals surface area (Å²) in [6.07, 6.45) is 0.475. The topological polar surface area (TPSA) is 67.9 Å². The van der Waals surface area contributed by atoms with Crippen molar-refractivity contribution in [3.05, 3.63) is 29.8 Å². The number of para-hydroxylation sites is 1. The van der Waals surface area contributed by atoms with Crippen molar-refractivity contribution in [1.82, 2.24) is 10.2 Å². The van der Waals surface area contributed by atoms with Crippen molar-refractivity contribution in [2.45, 2.75) is 51.7 Å². The first-order chi connectivity index (χ1) is 11.9. The molecule has 0 spiro atoms. The van der Waals surface area contributed by atoms with E-state index in [0.29, 0.717) is 19.0 Å². The Labute approximate surface area is 149 Å². The molecule has 1 N–H and O–H groups in total. The Morgan fingerprint density at radius 1 is 1.16 bits per heavy atom. The predicted molar refractivity (Wildman–Crippen MR) is 95.8 cm³/mol. The van der Waals surface area contributed by atoms with E-state index in [0.717, 1.165) is 24.2 Å². The molecule has 0 saturated carbocycles. The molecule has 1 unspecified atom stereocenters. The van der Waals surface area contributed by atoms with E-state index in [9.17, 15) is 9.59 Å². The van der Waals surface area contributed by atoms with Crippen molar-refractivity contribution in [3.63, 3.8) is 0 Å². The van der Waals surface area contributed by atoms with E-state index >= 15 is 0 Å². The van der Waals surface area contributed by atoms with Gasteiger partial charge in [0.1, 0.15) is 5.75 Å². The van der Waals surface area contributed by atoms with Crippen molar-refractivity contribution >= 4 is 12.0 Å². The van der Waals surface area contributed by atoms with E-state index < -0.39 is 12.2 Å². The Morgan fingerprint density at radius 3 is 2.40 bits per heavy atom. The Bertz CT molecular complexity index is 595. The molecule has 1 aliphatic rings. The van der Waals surface area contributed by atoms with Gasteiger partial charge in [0, 0.05) is 19.1 Å². The van der Waals surface area contributed by atoms with E-state index in [1.54, 1.807) is 11.8 Å². The summed E-state index contributed by atoms with van der Waals surface area (Å²) < 4.78 is 10.6. The lowest BCUT2D eigenvalue weighted by molar-refractivity contribution is -0.139. The second-order valence-corrected chi connectivity index (χ2v) is 6.69. The lowest BCUT2D eigenvalue weighted by Crippen LogP contribution is -2.49. The molecule has 2 rings (SSSR count). The van der Waals surface area contributed by atoms with Crippen LogP contribution in [-0.4, -0.2) is 49.2 Å². The van der Waals surface area contributed by atoms with Gasteiger partial charge >= 0.3 is 6.09 Å². The predicted octanol–water partition coefficient (Wildman–Crippen LogP) is 2.92. The van der Waals surface area contributed by atoms with Crippen LogP contribution in [0.25, 0.3) is 0 Å². The molecule has 138 valence electrons. The normalized spacial score (nSPS) is 16.4. The van der Waals surface area contributed by atoms with Gasteiger partial charge < -0.3 is 19.7 Å². The van der Waals surface area contributed by atoms with E-state index in [1.807, 2.05) is 24.3 Å². The molecule has 1 aliphatic heterocycles. The molecule has 0 radical (unpaired) electrons. The van der Waals surface area contributed by atoms with E-state index in [4.69, 9.17) is 4.74 Å². The van der Waals surface area contributed by atoms with Gasteiger partial charge in [0.05, 0.1) is 7.11 Å². The van der Waals surface area contributed by atoms with Crippen LogP contribution in [0.4, 0.5) is 4.79 Å². The zero-order valence-electron chi connectivity index (χ0n) is 15.5. The molecule has 2 amide bonds. The molecule has 1 saturated heterocycles. The highest BCUT2D eigenvalue weighted by Gasteiger charge is 2.28. The minimum absolute atomic E-state index is 0.0184. The van der Waals surface area contributed by atoms with Crippen molar-refractivity contribution in [2.75, 3.05) is 20.2 Å². The number of amides is 2. The Hall–Kier alpha value is -2.24. The van der Waals surface area contributed by atoms with Crippen molar-refractivity contribution in [3.8, 4) is 5.75 Å². The molecule has 25 heavy (non-hydrogen) atoms. The molecule has 1 fully saturated rings. The number of likely N-dealkylation sites (tertiary alicyclic amines) is 1. The number of methoxy groups -OCH3 is 1. The Kier molecular flexibility index (Phi) is 6.67. The van der Waals surface area contributed by atoms with E-state index in [2.05, 4.69) is 23.9 Å². The summed E-state index contributed by atoms with van der Waals surface area (Å²) in [6.45, 7) is 7.21. The number of piperidine rings is 1. The highest BCUT2D eigenvalue weighted by molar-refractivity contribution is 5.81. The van der Waals surface area contributed by atoms with Gasteiger partial charge in [-0.25, -0.2) is 4.79 Å². The third-order valence-corrected chi connectivity index (χ3v) is 4.51. The maximum atomic E-state index is 12.7. The maximum absolute atomic E-state index is 12.7. The van der Waals surface area contributed by atoms with Crippen LogP contribution >= 0.6 is 0 Å². The molecule has 0 aliphatic carbocycles. The summed E-state index contributed by atoms with van der Waals surface area (Å²) in [7, 11) is 1.35. The van der Waals surface area contributed by atoms with Crippen molar-refractivity contribution in [2.24, 2.45) is 0 Å². The first-order valence-corrected chi connectivity index (χ1v) is 8.81. The number of hydrogen-bond donors (Lipinski definition) is 1. The fraction of sp³-hybridized carbons (Fsp3) is 0.579. The zero-order chi connectivity index (χ0) is 18.4. The summed E-state index contributed by atoms with van der Waals surface area (Å²) in [5.74, 6) is 1.08. The van der Waals surface area contributed by atoms with Crippen LogP contribution in [0.5, 0.6) is 5.75 Å². The summed E-state index contributed by atoms with van der Waals surface area (Å²) in [5, 5.41) is 2.79. The molecule has 1 heterocycles. The molecule has 6 nitrogen and oxygen atoms in total. The van der Waals surface area contributed by atoms with E-state index in [-0.39, 0.29) is 11.9 Å². The van der Waals surface area contributed by atoms with Crippen LogP contribution in [0.3, 0.4) is 0 Å². The number of hydrogen-bond acceptors (Lipinski definition) is 4. The molecule has 0 aromatic heterocycles. The summed E-state index contributed by atoms with van der Waals surface area (Å²) in [5.41, 5.74) is 1.10. The van der Waals surface area contributed by atoms with Gasteiger partial charge in [-0.3, -0.25) is 4.79 Å². The van der Waals surface area contributed by atoms with Crippen LogP contribution in [0.2, 0.25) is 0 Å². The van der Waals surface area contributed by atoms with Gasteiger partial charge in [-0.15, -0.1) is 0 Å². The molecular formula is C19H28N2O4. The number of ether oxygens (including phenoxy) is 2. The van der Waals surface area contributed by atoms with E-state index in [1.165, 1.54) is 7.11 Å². The average Bonchev–Trinajstić information content (AvgIpc) is 2.61. The number of nitrogens with zero attached hydrogens (tertiary/aromatic N) is 1. The number of benzene rings is 1. The zero-order valence-corrected chi connectivity index (χ0v) is 15.5. The van der Waals surface area contributed by atoms with Gasteiger partial charge in [0.2, 0.25) is 0 Å². The maximum Gasteiger partial charge on any atom is 0.407 e. The first kappa shape index (κ1) is 19.1. The second kappa shape index (κ2) is 8.74. The summed E-state index contributed by atoms with van der Waals surface area (Å²) in [4.78, 5) is 25.7. The average molecular weight is 348 g/mol. The molecule has 0 bridgehead atoms. The smallest absolute Gasteiger partial charge is 0.407 e. The number of alkyl carbamates (subject to hydrolysis) is 1. The third-order valence-electron chi connectivity index (χ3n) is 4.51. The fourth-order valence-corrected chi connectivity index (χ4v) is 3.03. The Morgan fingerprint density at radius 2 is 1.80 bits per heavy atom.